The second-order valence-corrected chi connectivity index (χ2v) is 11.9. The number of carbonyl (C=O) groups excluding carboxylic acids is 2. The number of nitrogens with zero attached hydrogens (tertiary/aromatic N) is 1. The number of hydrogen-bond donors (Lipinski definition) is 2. The molecule has 0 bridgehead atoms. The molecule has 250 valence electrons. The van der Waals surface area contributed by atoms with Crippen LogP contribution in [0.2, 0.25) is 15.1 Å². The summed E-state index contributed by atoms with van der Waals surface area (Å²) in [6.45, 7) is 7.97. The van der Waals surface area contributed by atoms with E-state index in [1.807, 2.05) is 67.6 Å². The maximum atomic E-state index is 13.4. The molecule has 0 unspecified atom stereocenters. The van der Waals surface area contributed by atoms with Gasteiger partial charge < -0.3 is 19.5 Å². The molecule has 0 aliphatic carbocycles. The van der Waals surface area contributed by atoms with Gasteiger partial charge in [0.25, 0.3) is 11.8 Å². The Balaban J connectivity index is 1.50. The Labute approximate surface area is 295 Å². The van der Waals surface area contributed by atoms with Crippen LogP contribution in [-0.2, 0) is 29.0 Å². The molecule has 4 aromatic rings. The zero-order valence-electron chi connectivity index (χ0n) is 26.6. The lowest BCUT2D eigenvalue weighted by molar-refractivity contribution is -0.132. The van der Waals surface area contributed by atoms with E-state index < -0.39 is 24.0 Å². The molecule has 4 rings (SSSR count). The van der Waals surface area contributed by atoms with E-state index in [0.717, 1.165) is 16.7 Å². The maximum Gasteiger partial charge on any atom is 0.262 e. The summed E-state index contributed by atoms with van der Waals surface area (Å²) < 4.78 is 17.9. The molecule has 2 amide bonds. The highest BCUT2D eigenvalue weighted by Crippen LogP contribution is 2.35. The SMILES string of the molecule is C=CCc1cc(/C=N\NC(=O)[C@H](Cc2ccccc2)NC(=O)[C@@H](C)Oc2ccc(Cl)cc2Cl)cc(OCC)c1OCc1ccccc1Cl. The van der Waals surface area contributed by atoms with Crippen LogP contribution >= 0.6 is 34.8 Å². The summed E-state index contributed by atoms with van der Waals surface area (Å²) in [7, 11) is 0. The molecule has 2 N–H and O–H groups in total. The number of ether oxygens (including phenoxy) is 3. The van der Waals surface area contributed by atoms with Gasteiger partial charge in [0.05, 0.1) is 17.8 Å². The van der Waals surface area contributed by atoms with E-state index in [1.54, 1.807) is 31.2 Å². The number of nitrogens with one attached hydrogen (secondary N) is 2. The van der Waals surface area contributed by atoms with E-state index in [0.29, 0.717) is 45.9 Å². The fraction of sp³-hybridized carbons (Fsp3) is 0.216. The minimum absolute atomic E-state index is 0.220. The van der Waals surface area contributed by atoms with Crippen molar-refractivity contribution in [2.24, 2.45) is 5.10 Å². The van der Waals surface area contributed by atoms with E-state index in [4.69, 9.17) is 49.0 Å². The number of allylic oxidation sites excluding steroid dienone is 1. The molecule has 0 aliphatic rings. The van der Waals surface area contributed by atoms with Gasteiger partial charge in [0, 0.05) is 27.6 Å². The number of carbonyl (C=O) groups is 2. The van der Waals surface area contributed by atoms with Crippen LogP contribution in [-0.4, -0.2) is 36.8 Å². The Kier molecular flexibility index (Phi) is 13.7. The topological polar surface area (TPSA) is 98.3 Å². The van der Waals surface area contributed by atoms with Crippen molar-refractivity contribution in [1.29, 1.82) is 0 Å². The average Bonchev–Trinajstić information content (AvgIpc) is 3.06. The van der Waals surface area contributed by atoms with Gasteiger partial charge in [-0.3, -0.25) is 9.59 Å². The summed E-state index contributed by atoms with van der Waals surface area (Å²) in [4.78, 5) is 26.6. The smallest absolute Gasteiger partial charge is 0.262 e. The summed E-state index contributed by atoms with van der Waals surface area (Å²) in [5.41, 5.74) is 5.73. The highest BCUT2D eigenvalue weighted by Gasteiger charge is 2.25. The minimum atomic E-state index is -0.961. The van der Waals surface area contributed by atoms with Gasteiger partial charge in [-0.2, -0.15) is 5.10 Å². The predicted octanol–water partition coefficient (Wildman–Crippen LogP) is 8.00. The Bertz CT molecular complexity index is 1750. The molecule has 8 nitrogen and oxygen atoms in total. The summed E-state index contributed by atoms with van der Waals surface area (Å²) in [6, 6.07) is 24.2. The summed E-state index contributed by atoms with van der Waals surface area (Å²) >= 11 is 18.5. The molecule has 2 atom stereocenters. The maximum absolute atomic E-state index is 13.4. The van der Waals surface area contributed by atoms with Crippen molar-refractivity contribution < 1.29 is 23.8 Å². The fourth-order valence-electron chi connectivity index (χ4n) is 4.67. The Morgan fingerprint density at radius 3 is 2.33 bits per heavy atom. The lowest BCUT2D eigenvalue weighted by atomic mass is 10.1. The molecule has 0 aliphatic heterocycles. The highest BCUT2D eigenvalue weighted by atomic mass is 35.5. The van der Waals surface area contributed by atoms with Crippen LogP contribution in [0.4, 0.5) is 0 Å². The second kappa shape index (κ2) is 18.2. The van der Waals surface area contributed by atoms with Crippen molar-refractivity contribution in [2.45, 2.75) is 45.4 Å². The van der Waals surface area contributed by atoms with Crippen molar-refractivity contribution in [3.63, 3.8) is 0 Å². The van der Waals surface area contributed by atoms with Gasteiger partial charge in [-0.05, 0) is 67.8 Å². The van der Waals surface area contributed by atoms with Gasteiger partial charge in [-0.25, -0.2) is 5.43 Å². The van der Waals surface area contributed by atoms with Crippen LogP contribution in [0.15, 0.2) is 103 Å². The number of halogens is 3. The molecule has 0 radical (unpaired) electrons. The van der Waals surface area contributed by atoms with Crippen molar-refractivity contribution in [1.82, 2.24) is 10.7 Å². The van der Waals surface area contributed by atoms with E-state index in [2.05, 4.69) is 22.4 Å². The van der Waals surface area contributed by atoms with Gasteiger partial charge in [-0.1, -0.05) is 89.4 Å². The molecular weight excluding hydrogens is 673 g/mol. The largest absolute Gasteiger partial charge is 0.490 e. The minimum Gasteiger partial charge on any atom is -0.490 e. The molecule has 0 saturated heterocycles. The monoisotopic (exact) mass is 707 g/mol. The van der Waals surface area contributed by atoms with Gasteiger partial charge in [0.1, 0.15) is 18.4 Å². The average molecular weight is 709 g/mol. The van der Waals surface area contributed by atoms with Crippen LogP contribution in [0.1, 0.15) is 36.1 Å². The first-order chi connectivity index (χ1) is 23.2. The summed E-state index contributed by atoms with van der Waals surface area (Å²) in [5.74, 6) is 0.348. The Morgan fingerprint density at radius 1 is 0.875 bits per heavy atom. The van der Waals surface area contributed by atoms with E-state index in [9.17, 15) is 9.59 Å². The van der Waals surface area contributed by atoms with Crippen LogP contribution in [0.5, 0.6) is 17.2 Å². The van der Waals surface area contributed by atoms with Gasteiger partial charge in [0.2, 0.25) is 0 Å². The number of amides is 2. The third kappa shape index (κ3) is 10.5. The molecule has 0 spiro atoms. The fourth-order valence-corrected chi connectivity index (χ4v) is 5.31. The van der Waals surface area contributed by atoms with E-state index in [1.165, 1.54) is 12.3 Å². The van der Waals surface area contributed by atoms with Crippen molar-refractivity contribution in [3.8, 4) is 17.2 Å². The second-order valence-electron chi connectivity index (χ2n) is 10.6. The standard InChI is InChI=1S/C37H36Cl3N3O5/c1-4-11-27-18-26(20-34(46-5-2)35(27)47-23-28-14-9-10-15-30(28)39)22-41-43-37(45)32(19-25-12-7-6-8-13-25)42-36(44)24(3)48-33-17-16-29(38)21-31(33)40/h4,6-10,12-18,20-22,24,32H,1,5,11,19,23H2,2-3H3,(H,42,44)(H,43,45)/b41-22-/t24-,32+/m1/s1. The van der Waals surface area contributed by atoms with Gasteiger partial charge in [-0.15, -0.1) is 6.58 Å². The Hall–Kier alpha value is -4.50. The van der Waals surface area contributed by atoms with Gasteiger partial charge in [0.15, 0.2) is 17.6 Å². The number of rotatable bonds is 16. The molecule has 0 fully saturated rings. The number of hydrazone groups is 1. The molecule has 11 heteroatoms. The van der Waals surface area contributed by atoms with Crippen molar-refractivity contribution in [2.75, 3.05) is 6.61 Å². The molecule has 0 heterocycles. The molecule has 4 aromatic carbocycles. The normalized spacial score (nSPS) is 12.2. The van der Waals surface area contributed by atoms with Gasteiger partial charge >= 0.3 is 0 Å². The van der Waals surface area contributed by atoms with Crippen molar-refractivity contribution >= 4 is 52.8 Å². The lowest BCUT2D eigenvalue weighted by Crippen LogP contribution is -2.50. The van der Waals surface area contributed by atoms with Crippen molar-refractivity contribution in [3.05, 3.63) is 135 Å². The number of hydrogen-bond acceptors (Lipinski definition) is 6. The molecule has 48 heavy (non-hydrogen) atoms. The van der Waals surface area contributed by atoms with Crippen LogP contribution < -0.4 is 25.0 Å². The Morgan fingerprint density at radius 2 is 1.62 bits per heavy atom. The van der Waals surface area contributed by atoms with E-state index in [-0.39, 0.29) is 18.1 Å². The first-order valence-electron chi connectivity index (χ1n) is 15.2. The third-order valence-corrected chi connectivity index (χ3v) is 7.92. The third-order valence-electron chi connectivity index (χ3n) is 7.02. The zero-order valence-corrected chi connectivity index (χ0v) is 28.8. The first-order valence-corrected chi connectivity index (χ1v) is 16.4. The van der Waals surface area contributed by atoms with Crippen LogP contribution in [0.3, 0.4) is 0 Å². The predicted molar refractivity (Wildman–Crippen MR) is 192 cm³/mol. The number of benzene rings is 4. The lowest BCUT2D eigenvalue weighted by Gasteiger charge is -2.21. The summed E-state index contributed by atoms with van der Waals surface area (Å²) in [6.07, 6.45) is 3.02. The van der Waals surface area contributed by atoms with Crippen LogP contribution in [0, 0.1) is 0 Å². The zero-order chi connectivity index (χ0) is 34.5. The molecule has 0 aromatic heterocycles. The highest BCUT2D eigenvalue weighted by molar-refractivity contribution is 6.35. The first kappa shape index (κ1) is 36.3. The quantitative estimate of drug-likeness (QED) is 0.0699. The molecule has 0 saturated carbocycles. The van der Waals surface area contributed by atoms with Crippen LogP contribution in [0.25, 0.3) is 0 Å². The van der Waals surface area contributed by atoms with E-state index >= 15 is 0 Å². The summed E-state index contributed by atoms with van der Waals surface area (Å²) in [5, 5.41) is 8.29. The molecular formula is C37H36Cl3N3O5.